The minimum Gasteiger partial charge on any atom is -0.383 e. The van der Waals surface area contributed by atoms with Gasteiger partial charge in [-0.3, -0.25) is 4.99 Å². The van der Waals surface area contributed by atoms with Crippen LogP contribution >= 0.6 is 31.9 Å². The van der Waals surface area contributed by atoms with Crippen LogP contribution in [0.5, 0.6) is 0 Å². The molecule has 108 valence electrons. The van der Waals surface area contributed by atoms with E-state index in [4.69, 9.17) is 0 Å². The summed E-state index contributed by atoms with van der Waals surface area (Å²) in [4.78, 5) is 4.38. The van der Waals surface area contributed by atoms with Crippen molar-refractivity contribution in [3.63, 3.8) is 0 Å². The predicted octanol–water partition coefficient (Wildman–Crippen LogP) is 4.75. The molecule has 1 aliphatic heterocycles. The third kappa shape index (κ3) is 2.62. The molecule has 0 aliphatic carbocycles. The highest BCUT2D eigenvalue weighted by Gasteiger charge is 2.24. The van der Waals surface area contributed by atoms with Gasteiger partial charge in [0.25, 0.3) is 0 Å². The van der Waals surface area contributed by atoms with Gasteiger partial charge in [-0.15, -0.1) is 0 Å². The topological polar surface area (TPSA) is 24.4 Å². The number of fused-ring (bicyclic) bond motifs is 1. The fraction of sp³-hybridized carbons (Fsp3) is 0.133. The molecule has 0 amide bonds. The zero-order valence-electron chi connectivity index (χ0n) is 10.8. The molecule has 6 heteroatoms. The van der Waals surface area contributed by atoms with Crippen molar-refractivity contribution >= 4 is 43.3 Å². The zero-order valence-corrected chi connectivity index (χ0v) is 13.9. The van der Waals surface area contributed by atoms with Crippen LogP contribution in [0.15, 0.2) is 44.3 Å². The first-order chi connectivity index (χ1) is 10.1. The summed E-state index contributed by atoms with van der Waals surface area (Å²) >= 11 is 6.89. The summed E-state index contributed by atoms with van der Waals surface area (Å²) < 4.78 is 29.8. The predicted molar refractivity (Wildman–Crippen MR) is 87.2 cm³/mol. The number of rotatable bonds is 1. The largest absolute Gasteiger partial charge is 0.383 e. The summed E-state index contributed by atoms with van der Waals surface area (Å²) in [6.07, 6.45) is 0. The molecule has 0 atom stereocenters. The van der Waals surface area contributed by atoms with Crippen molar-refractivity contribution in [1.29, 1.82) is 0 Å². The quantitative estimate of drug-likeness (QED) is 0.713. The van der Waals surface area contributed by atoms with Gasteiger partial charge in [0.05, 0.1) is 17.8 Å². The van der Waals surface area contributed by atoms with Gasteiger partial charge in [-0.05, 0) is 56.1 Å². The monoisotopic (exact) mass is 414 g/mol. The summed E-state index contributed by atoms with van der Waals surface area (Å²) in [5.41, 5.74) is 1.68. The summed E-state index contributed by atoms with van der Waals surface area (Å²) in [6, 6.07) is 7.57. The maximum atomic E-state index is 14.1. The van der Waals surface area contributed by atoms with Gasteiger partial charge in [-0.2, -0.15) is 0 Å². The molecule has 0 fully saturated rings. The summed E-state index contributed by atoms with van der Waals surface area (Å²) in [5.74, 6) is -1.23. The maximum Gasteiger partial charge on any atom is 0.135 e. The number of anilines is 1. The van der Waals surface area contributed by atoms with Crippen LogP contribution in [0.1, 0.15) is 11.1 Å². The zero-order chi connectivity index (χ0) is 15.0. The van der Waals surface area contributed by atoms with Crippen molar-refractivity contribution < 1.29 is 8.78 Å². The Balaban J connectivity index is 2.31. The van der Waals surface area contributed by atoms with E-state index >= 15 is 0 Å². The molecule has 2 aromatic rings. The van der Waals surface area contributed by atoms with Crippen LogP contribution < -0.4 is 5.32 Å². The number of aliphatic imine (C=N–C) groups is 1. The Bertz CT molecular complexity index is 724. The first-order valence-electron chi connectivity index (χ1n) is 6.30. The Morgan fingerprint density at radius 1 is 1.00 bits per heavy atom. The number of halogens is 4. The molecule has 21 heavy (non-hydrogen) atoms. The Hall–Kier alpha value is -1.27. The molecule has 3 rings (SSSR count). The molecule has 1 aliphatic rings. The summed E-state index contributed by atoms with van der Waals surface area (Å²) in [6.45, 7) is 1.06. The number of nitrogens with one attached hydrogen (secondary N) is 1. The van der Waals surface area contributed by atoms with E-state index in [1.807, 2.05) is 12.1 Å². The normalized spacial score (nSPS) is 14.0. The highest BCUT2D eigenvalue weighted by Crippen LogP contribution is 2.35. The second kappa shape index (κ2) is 5.85. The molecule has 0 radical (unpaired) electrons. The number of benzene rings is 2. The fourth-order valence-corrected chi connectivity index (χ4v) is 3.16. The SMILES string of the molecule is Fc1cccc(F)c1C1=NCCNc2ccc(Br)c(Br)c21. The van der Waals surface area contributed by atoms with Gasteiger partial charge in [0.2, 0.25) is 0 Å². The van der Waals surface area contributed by atoms with E-state index in [-0.39, 0.29) is 5.56 Å². The average Bonchev–Trinajstić information content (AvgIpc) is 2.66. The Labute approximate surface area is 137 Å². The van der Waals surface area contributed by atoms with Crippen LogP contribution in [0.3, 0.4) is 0 Å². The highest BCUT2D eigenvalue weighted by molar-refractivity contribution is 9.13. The standard InChI is InChI=1S/C15H10Br2F2N2/c16-8-4-5-11-13(14(8)17)15(21-7-6-20-11)12-9(18)2-1-3-10(12)19/h1-5,20H,6-7H2. The van der Waals surface area contributed by atoms with Gasteiger partial charge in [-0.25, -0.2) is 8.78 Å². The number of hydrogen-bond donors (Lipinski definition) is 1. The van der Waals surface area contributed by atoms with E-state index in [1.165, 1.54) is 18.2 Å². The van der Waals surface area contributed by atoms with Crippen molar-refractivity contribution in [3.8, 4) is 0 Å². The molecular weight excluding hydrogens is 406 g/mol. The third-order valence-corrected chi connectivity index (χ3v) is 5.24. The molecule has 0 saturated carbocycles. The van der Waals surface area contributed by atoms with Crippen LogP contribution in [0.25, 0.3) is 0 Å². The Kier molecular flexibility index (Phi) is 4.08. The van der Waals surface area contributed by atoms with Crippen molar-refractivity contribution in [3.05, 3.63) is 62.0 Å². The minimum atomic E-state index is -0.617. The van der Waals surface area contributed by atoms with E-state index < -0.39 is 11.6 Å². The maximum absolute atomic E-state index is 14.1. The Morgan fingerprint density at radius 3 is 2.43 bits per heavy atom. The van der Waals surface area contributed by atoms with E-state index in [2.05, 4.69) is 42.2 Å². The van der Waals surface area contributed by atoms with Gasteiger partial charge in [0, 0.05) is 26.7 Å². The molecule has 0 aromatic heterocycles. The molecule has 1 heterocycles. The van der Waals surface area contributed by atoms with Crippen molar-refractivity contribution in [2.45, 2.75) is 0 Å². The van der Waals surface area contributed by atoms with Gasteiger partial charge >= 0.3 is 0 Å². The molecule has 1 N–H and O–H groups in total. The lowest BCUT2D eigenvalue weighted by Gasteiger charge is -2.14. The number of hydrogen-bond acceptors (Lipinski definition) is 2. The van der Waals surface area contributed by atoms with Crippen LogP contribution in [0.4, 0.5) is 14.5 Å². The fourth-order valence-electron chi connectivity index (χ4n) is 2.29. The lowest BCUT2D eigenvalue weighted by atomic mass is 9.99. The lowest BCUT2D eigenvalue weighted by Crippen LogP contribution is -2.11. The minimum absolute atomic E-state index is 0.0961. The van der Waals surface area contributed by atoms with E-state index in [0.717, 1.165) is 14.6 Å². The van der Waals surface area contributed by atoms with Gasteiger partial charge in [0.1, 0.15) is 11.6 Å². The first kappa shape index (κ1) is 14.7. The van der Waals surface area contributed by atoms with Gasteiger partial charge < -0.3 is 5.32 Å². The Morgan fingerprint density at radius 2 is 1.71 bits per heavy atom. The smallest absolute Gasteiger partial charge is 0.135 e. The van der Waals surface area contributed by atoms with Crippen molar-refractivity contribution in [2.75, 3.05) is 18.4 Å². The third-order valence-electron chi connectivity index (χ3n) is 3.23. The van der Waals surface area contributed by atoms with Crippen molar-refractivity contribution in [1.82, 2.24) is 0 Å². The van der Waals surface area contributed by atoms with Gasteiger partial charge in [0.15, 0.2) is 0 Å². The summed E-state index contributed by atoms with van der Waals surface area (Å²) in [7, 11) is 0. The number of benzodiazepines with no additional fused rings is 1. The van der Waals surface area contributed by atoms with E-state index in [9.17, 15) is 8.78 Å². The van der Waals surface area contributed by atoms with E-state index in [0.29, 0.717) is 24.4 Å². The molecule has 2 nitrogen and oxygen atoms in total. The van der Waals surface area contributed by atoms with Crippen LogP contribution in [0.2, 0.25) is 0 Å². The summed E-state index contributed by atoms with van der Waals surface area (Å²) in [5, 5.41) is 3.22. The molecular formula is C15H10Br2F2N2. The average molecular weight is 416 g/mol. The molecule has 0 spiro atoms. The first-order valence-corrected chi connectivity index (χ1v) is 7.89. The lowest BCUT2D eigenvalue weighted by molar-refractivity contribution is 0.579. The van der Waals surface area contributed by atoms with Crippen molar-refractivity contribution in [2.24, 2.45) is 4.99 Å². The molecule has 0 unspecified atom stereocenters. The second-order valence-corrected chi connectivity index (χ2v) is 6.19. The van der Waals surface area contributed by atoms with Crippen LogP contribution in [-0.2, 0) is 0 Å². The van der Waals surface area contributed by atoms with Crippen LogP contribution in [-0.4, -0.2) is 18.8 Å². The second-order valence-electron chi connectivity index (χ2n) is 4.54. The molecule has 2 aromatic carbocycles. The van der Waals surface area contributed by atoms with Gasteiger partial charge in [-0.1, -0.05) is 6.07 Å². The van der Waals surface area contributed by atoms with E-state index in [1.54, 1.807) is 0 Å². The highest BCUT2D eigenvalue weighted by atomic mass is 79.9. The van der Waals surface area contributed by atoms with Crippen LogP contribution in [0, 0.1) is 11.6 Å². The number of nitrogens with zero attached hydrogens (tertiary/aromatic N) is 1. The molecule has 0 bridgehead atoms. The molecule has 0 saturated heterocycles.